The third kappa shape index (κ3) is 7.82. The highest BCUT2D eigenvalue weighted by atomic mass is 16.6. The molecule has 0 saturated carbocycles. The number of quaternary nitrogens is 1. The van der Waals surface area contributed by atoms with E-state index in [0.29, 0.717) is 0 Å². The van der Waals surface area contributed by atoms with Crippen molar-refractivity contribution in [2.45, 2.75) is 19.8 Å². The number of nitrogens with one attached hydrogen (secondary N) is 1. The van der Waals surface area contributed by atoms with E-state index in [2.05, 4.69) is 18.9 Å². The van der Waals surface area contributed by atoms with Gasteiger partial charge in [-0.15, -0.1) is 0 Å². The van der Waals surface area contributed by atoms with Gasteiger partial charge in [0.05, 0.1) is 19.6 Å². The number of carboxylic acid groups (broad SMARTS) is 2. The molecule has 1 rings (SSSR count). The van der Waals surface area contributed by atoms with Gasteiger partial charge in [0, 0.05) is 0 Å². The van der Waals surface area contributed by atoms with Crippen molar-refractivity contribution < 1.29 is 19.9 Å². The molecule has 1 fully saturated rings. The lowest BCUT2D eigenvalue weighted by Gasteiger charge is -2.10. The van der Waals surface area contributed by atoms with Crippen LogP contribution in [0.3, 0.4) is 0 Å². The molecule has 5 heteroatoms. The smallest absolute Gasteiger partial charge is 0.249 e. The first-order chi connectivity index (χ1) is 6.56. The third-order valence-electron chi connectivity index (χ3n) is 2.22. The Morgan fingerprint density at radius 1 is 1.64 bits per heavy atom. The molecule has 0 spiro atoms. The molecule has 0 aliphatic carbocycles. The first kappa shape index (κ1) is 13.2. The summed E-state index contributed by atoms with van der Waals surface area (Å²) < 4.78 is 0. The summed E-state index contributed by atoms with van der Waals surface area (Å²) in [6.45, 7) is 7.55. The van der Waals surface area contributed by atoms with Crippen molar-refractivity contribution >= 4 is 6.16 Å². The second-order valence-electron chi connectivity index (χ2n) is 3.61. The summed E-state index contributed by atoms with van der Waals surface area (Å²) in [5, 5.41) is 15.3. The van der Waals surface area contributed by atoms with E-state index in [0.717, 1.165) is 0 Å². The van der Waals surface area contributed by atoms with Crippen molar-refractivity contribution in [3.8, 4) is 0 Å². The van der Waals surface area contributed by atoms with Crippen molar-refractivity contribution in [3.63, 3.8) is 0 Å². The highest BCUT2D eigenvalue weighted by molar-refractivity contribution is 5.50. The van der Waals surface area contributed by atoms with E-state index in [9.17, 15) is 0 Å². The molecule has 1 heterocycles. The molecule has 0 bridgehead atoms. The lowest BCUT2D eigenvalue weighted by Crippen LogP contribution is -3.10. The van der Waals surface area contributed by atoms with Gasteiger partial charge in [0.25, 0.3) is 0 Å². The van der Waals surface area contributed by atoms with Gasteiger partial charge in [-0.25, -0.2) is 0 Å². The lowest BCUT2D eigenvalue weighted by molar-refractivity contribution is -0.891. The van der Waals surface area contributed by atoms with E-state index in [1.54, 1.807) is 4.90 Å². The average molecular weight is 204 g/mol. The topological polar surface area (TPSA) is 68.0 Å². The van der Waals surface area contributed by atoms with Crippen LogP contribution in [0.25, 0.3) is 0 Å². The van der Waals surface area contributed by atoms with Gasteiger partial charge in [-0.05, 0) is 13.5 Å². The molecule has 1 atom stereocenters. The lowest BCUT2D eigenvalue weighted by atomic mass is 10.3. The molecule has 0 amide bonds. The number of rotatable bonds is 3. The summed E-state index contributed by atoms with van der Waals surface area (Å²) in [7, 11) is 2.21. The van der Waals surface area contributed by atoms with Crippen LogP contribution in [-0.4, -0.2) is 49.5 Å². The maximum absolute atomic E-state index is 8.44. The van der Waals surface area contributed by atoms with Gasteiger partial charge >= 0.3 is 0 Å². The summed E-state index contributed by atoms with van der Waals surface area (Å²) >= 11 is 0. The molecule has 1 unspecified atom stereocenters. The minimum absolute atomic E-state index is 1.26. The zero-order valence-electron chi connectivity index (χ0n) is 8.95. The molecule has 84 valence electrons. The molecule has 0 aromatic heterocycles. The Morgan fingerprint density at radius 2 is 2.21 bits per heavy atom. The highest BCUT2D eigenvalue weighted by Gasteiger charge is 2.18. The second-order valence-corrected chi connectivity index (χ2v) is 3.61. The minimum atomic E-state index is -2.08. The zero-order valence-corrected chi connectivity index (χ0v) is 8.95. The Balaban J connectivity index is 0.000000364. The Labute approximate surface area is 84.9 Å². The summed E-state index contributed by atoms with van der Waals surface area (Å²) in [5.41, 5.74) is 0. The number of unbranched alkanes of at least 4 members (excludes halogenated alkanes) is 1. The van der Waals surface area contributed by atoms with Crippen molar-refractivity contribution in [1.29, 1.82) is 0 Å². The predicted octanol–water partition coefficient (Wildman–Crippen LogP) is -1.54. The van der Waals surface area contributed by atoms with Crippen molar-refractivity contribution in [2.24, 2.45) is 0 Å². The molecule has 14 heavy (non-hydrogen) atoms. The first-order valence-corrected chi connectivity index (χ1v) is 4.98. The van der Waals surface area contributed by atoms with E-state index >= 15 is 0 Å². The average Bonchev–Trinajstić information content (AvgIpc) is 2.47. The van der Waals surface area contributed by atoms with Crippen LogP contribution in [0.5, 0.6) is 0 Å². The van der Waals surface area contributed by atoms with Crippen LogP contribution in [0.4, 0.5) is 4.79 Å². The van der Waals surface area contributed by atoms with E-state index < -0.39 is 6.16 Å². The molecule has 0 radical (unpaired) electrons. The Bertz CT molecular complexity index is 160. The van der Waals surface area contributed by atoms with Crippen LogP contribution in [0, 0.1) is 0 Å². The fourth-order valence-electron chi connectivity index (χ4n) is 1.52. The van der Waals surface area contributed by atoms with Gasteiger partial charge in [0.15, 0.2) is 0 Å². The number of likely N-dealkylation sites (N-methyl/N-ethyl adjacent to an activating group) is 1. The maximum Gasteiger partial charge on any atom is 0.249 e. The summed E-state index contributed by atoms with van der Waals surface area (Å²) in [6.07, 6.45) is 0.649. The fourth-order valence-corrected chi connectivity index (χ4v) is 1.52. The standard InChI is InChI=1S/C8H18N2.CH2O3/c1-3-4-5-10-7-6-9(2)8-10;2-1(3)4/h3-8H2,1-2H3;(H2,2,3,4). The van der Waals surface area contributed by atoms with Gasteiger partial charge < -0.3 is 19.9 Å². The van der Waals surface area contributed by atoms with Crippen LogP contribution in [0.15, 0.2) is 0 Å². The van der Waals surface area contributed by atoms with Gasteiger partial charge in [-0.1, -0.05) is 13.3 Å². The SMILES string of the molecule is CCCC[NH+]1CCN(C)C1.O=C([O-])O. The summed E-state index contributed by atoms with van der Waals surface area (Å²) in [6, 6.07) is 0. The Hall–Kier alpha value is -0.810. The molecule has 1 aliphatic rings. The van der Waals surface area contributed by atoms with Gasteiger partial charge in [-0.2, -0.15) is 0 Å². The summed E-state index contributed by atoms with van der Waals surface area (Å²) in [5.74, 6) is 0. The summed E-state index contributed by atoms with van der Waals surface area (Å²) in [4.78, 5) is 12.6. The Morgan fingerprint density at radius 3 is 2.57 bits per heavy atom. The number of nitrogens with zero attached hydrogens (tertiary/aromatic N) is 1. The van der Waals surface area contributed by atoms with E-state index in [1.165, 1.54) is 39.1 Å². The van der Waals surface area contributed by atoms with Crippen LogP contribution < -0.4 is 10.0 Å². The zero-order chi connectivity index (χ0) is 11.0. The van der Waals surface area contributed by atoms with E-state index in [4.69, 9.17) is 15.0 Å². The first-order valence-electron chi connectivity index (χ1n) is 4.98. The normalized spacial score (nSPS) is 21.4. The monoisotopic (exact) mass is 204 g/mol. The third-order valence-corrected chi connectivity index (χ3v) is 2.22. The molecule has 1 saturated heterocycles. The number of carbonyl (C=O) groups is 1. The van der Waals surface area contributed by atoms with Gasteiger partial charge in [0.2, 0.25) is 6.16 Å². The van der Waals surface area contributed by atoms with Crippen LogP contribution in [-0.2, 0) is 0 Å². The molecule has 5 nitrogen and oxygen atoms in total. The molecule has 1 aliphatic heterocycles. The number of hydrogen-bond donors (Lipinski definition) is 2. The molecule has 0 aromatic carbocycles. The van der Waals surface area contributed by atoms with E-state index in [-0.39, 0.29) is 0 Å². The highest BCUT2D eigenvalue weighted by Crippen LogP contribution is 1.84. The molecular formula is C9H20N2O3. The van der Waals surface area contributed by atoms with Crippen molar-refractivity contribution in [1.82, 2.24) is 4.90 Å². The van der Waals surface area contributed by atoms with E-state index in [1.807, 2.05) is 0 Å². The van der Waals surface area contributed by atoms with Crippen molar-refractivity contribution in [3.05, 3.63) is 0 Å². The quantitative estimate of drug-likeness (QED) is 0.585. The Kier molecular flexibility index (Phi) is 7.14. The van der Waals surface area contributed by atoms with Gasteiger partial charge in [0.1, 0.15) is 6.67 Å². The maximum atomic E-state index is 8.44. The predicted molar refractivity (Wildman–Crippen MR) is 51.1 cm³/mol. The molecular weight excluding hydrogens is 184 g/mol. The minimum Gasteiger partial charge on any atom is -0.565 e. The van der Waals surface area contributed by atoms with Crippen LogP contribution in [0.2, 0.25) is 0 Å². The van der Waals surface area contributed by atoms with Crippen LogP contribution in [0.1, 0.15) is 19.8 Å². The number of hydrogen-bond acceptors (Lipinski definition) is 3. The fraction of sp³-hybridized carbons (Fsp3) is 0.889. The second kappa shape index (κ2) is 7.58. The molecule has 0 aromatic rings. The van der Waals surface area contributed by atoms with Crippen molar-refractivity contribution in [2.75, 3.05) is 33.4 Å². The largest absolute Gasteiger partial charge is 0.565 e. The van der Waals surface area contributed by atoms with Crippen LogP contribution >= 0.6 is 0 Å². The molecule has 2 N–H and O–H groups in total. The van der Waals surface area contributed by atoms with Gasteiger partial charge in [-0.3, -0.25) is 4.90 Å².